The molecule has 1 aromatic heterocycles. The number of aryl methyl sites for hydroxylation is 1. The number of nitro benzene ring substituents is 1. The first kappa shape index (κ1) is 18.4. The highest BCUT2D eigenvalue weighted by Crippen LogP contribution is 2.27. The van der Waals surface area contributed by atoms with Gasteiger partial charge in [-0.3, -0.25) is 14.9 Å². The minimum atomic E-state index is -0.688. The summed E-state index contributed by atoms with van der Waals surface area (Å²) in [5.41, 5.74) is 0.645. The summed E-state index contributed by atoms with van der Waals surface area (Å²) in [5, 5.41) is 13.9. The van der Waals surface area contributed by atoms with E-state index in [2.05, 4.69) is 10.3 Å². The second kappa shape index (κ2) is 8.25. The first-order valence-electron chi connectivity index (χ1n) is 7.14. The van der Waals surface area contributed by atoms with Crippen molar-refractivity contribution >= 4 is 35.0 Å². The van der Waals surface area contributed by atoms with Crippen LogP contribution in [0.4, 0.5) is 11.4 Å². The van der Waals surface area contributed by atoms with Crippen molar-refractivity contribution in [3.63, 3.8) is 0 Å². The largest absolute Gasteiger partial charge is 0.452 e. The van der Waals surface area contributed by atoms with Gasteiger partial charge in [0.25, 0.3) is 11.6 Å². The molecule has 0 aliphatic rings. The van der Waals surface area contributed by atoms with Crippen molar-refractivity contribution in [2.45, 2.75) is 11.9 Å². The number of nitrogens with one attached hydrogen (secondary N) is 1. The Hall–Kier alpha value is -2.94. The zero-order chi connectivity index (χ0) is 18.4. The number of aromatic nitrogens is 1. The lowest BCUT2D eigenvalue weighted by molar-refractivity contribution is -0.384. The van der Waals surface area contributed by atoms with Crippen LogP contribution in [0.25, 0.3) is 0 Å². The van der Waals surface area contributed by atoms with Crippen LogP contribution in [0.3, 0.4) is 0 Å². The van der Waals surface area contributed by atoms with Gasteiger partial charge in [0.05, 0.1) is 10.5 Å². The van der Waals surface area contributed by atoms with E-state index < -0.39 is 23.4 Å². The number of pyridine rings is 1. The molecular weight excluding hydrogens is 346 g/mol. The summed E-state index contributed by atoms with van der Waals surface area (Å²) in [7, 11) is 0. The van der Waals surface area contributed by atoms with E-state index in [1.54, 1.807) is 37.6 Å². The van der Waals surface area contributed by atoms with Crippen molar-refractivity contribution in [1.82, 2.24) is 4.98 Å². The number of para-hydroxylation sites is 1. The Bertz CT molecular complexity index is 825. The fraction of sp³-hybridized carbons (Fsp3) is 0.188. The smallest absolute Gasteiger partial charge is 0.341 e. The number of thioether (sulfide) groups is 1. The Morgan fingerprint density at radius 2 is 2.08 bits per heavy atom. The van der Waals surface area contributed by atoms with Crippen molar-refractivity contribution in [1.29, 1.82) is 0 Å². The van der Waals surface area contributed by atoms with Gasteiger partial charge in [0.1, 0.15) is 10.7 Å². The lowest BCUT2D eigenvalue weighted by atomic mass is 10.1. The topological polar surface area (TPSA) is 111 Å². The molecule has 0 spiro atoms. The first-order valence-corrected chi connectivity index (χ1v) is 8.36. The number of hydrogen-bond acceptors (Lipinski definition) is 7. The fourth-order valence-electron chi connectivity index (χ4n) is 2.06. The molecule has 0 unspecified atom stereocenters. The predicted molar refractivity (Wildman–Crippen MR) is 92.8 cm³/mol. The average Bonchev–Trinajstić information content (AvgIpc) is 2.61. The zero-order valence-corrected chi connectivity index (χ0v) is 14.3. The standard InChI is InChI=1S/C16H15N3O5S/c1-10-5-3-7-12(19(22)23)14(10)18-13(20)9-24-16(21)11-6-4-8-17-15(11)25-2/h3-8H,9H2,1-2H3,(H,18,20). The van der Waals surface area contributed by atoms with Crippen molar-refractivity contribution < 1.29 is 19.2 Å². The number of esters is 1. The normalized spacial score (nSPS) is 10.2. The Kier molecular flexibility index (Phi) is 6.07. The summed E-state index contributed by atoms with van der Waals surface area (Å²) < 4.78 is 4.97. The van der Waals surface area contributed by atoms with Gasteiger partial charge in [0.15, 0.2) is 6.61 Å². The molecule has 0 saturated carbocycles. The highest BCUT2D eigenvalue weighted by molar-refractivity contribution is 7.98. The van der Waals surface area contributed by atoms with E-state index in [9.17, 15) is 19.7 Å². The fourth-order valence-corrected chi connectivity index (χ4v) is 2.60. The van der Waals surface area contributed by atoms with Crippen LogP contribution in [0.5, 0.6) is 0 Å². The van der Waals surface area contributed by atoms with Crippen molar-refractivity contribution in [2.75, 3.05) is 18.2 Å². The molecule has 1 amide bonds. The minimum absolute atomic E-state index is 0.0831. The number of rotatable bonds is 6. The van der Waals surface area contributed by atoms with Crippen LogP contribution in [0.2, 0.25) is 0 Å². The highest BCUT2D eigenvalue weighted by Gasteiger charge is 2.19. The third-order valence-corrected chi connectivity index (χ3v) is 3.94. The second-order valence-corrected chi connectivity index (χ2v) is 5.71. The van der Waals surface area contributed by atoms with E-state index in [1.165, 1.54) is 23.9 Å². The van der Waals surface area contributed by atoms with Gasteiger partial charge >= 0.3 is 5.97 Å². The molecule has 2 rings (SSSR count). The van der Waals surface area contributed by atoms with Crippen LogP contribution < -0.4 is 5.32 Å². The van der Waals surface area contributed by atoms with Crippen LogP contribution >= 0.6 is 11.8 Å². The maximum atomic E-state index is 12.1. The molecule has 0 fully saturated rings. The molecule has 0 bridgehead atoms. The monoisotopic (exact) mass is 361 g/mol. The molecule has 0 saturated heterocycles. The number of carbonyl (C=O) groups is 2. The quantitative estimate of drug-likeness (QED) is 0.364. The van der Waals surface area contributed by atoms with Crippen LogP contribution in [0, 0.1) is 17.0 Å². The van der Waals surface area contributed by atoms with Crippen LogP contribution in [0.15, 0.2) is 41.6 Å². The molecule has 1 N–H and O–H groups in total. The molecule has 0 radical (unpaired) electrons. The molecule has 1 heterocycles. The molecule has 1 aromatic carbocycles. The summed E-state index contributed by atoms with van der Waals surface area (Å²) >= 11 is 1.28. The molecule has 8 nitrogen and oxygen atoms in total. The number of hydrogen-bond donors (Lipinski definition) is 1. The third kappa shape index (κ3) is 4.54. The predicted octanol–water partition coefficient (Wildman–Crippen LogP) is 2.82. The molecule has 9 heteroatoms. The Morgan fingerprint density at radius 1 is 1.32 bits per heavy atom. The van der Waals surface area contributed by atoms with E-state index in [0.717, 1.165) is 0 Å². The van der Waals surface area contributed by atoms with Crippen molar-refractivity contribution in [3.05, 3.63) is 57.8 Å². The van der Waals surface area contributed by atoms with Gasteiger partial charge in [0.2, 0.25) is 0 Å². The molecule has 2 aromatic rings. The van der Waals surface area contributed by atoms with Crippen LogP contribution in [-0.4, -0.2) is 34.6 Å². The summed E-state index contributed by atoms with van der Waals surface area (Å²) in [6.07, 6.45) is 3.32. The Balaban J connectivity index is 2.05. The summed E-state index contributed by atoms with van der Waals surface area (Å²) in [6, 6.07) is 7.58. The van der Waals surface area contributed by atoms with Gasteiger partial charge in [-0.05, 0) is 30.9 Å². The van der Waals surface area contributed by atoms with Gasteiger partial charge in [0, 0.05) is 12.3 Å². The summed E-state index contributed by atoms with van der Waals surface area (Å²) in [5.74, 6) is -1.35. The lowest BCUT2D eigenvalue weighted by Gasteiger charge is -2.10. The second-order valence-electron chi connectivity index (χ2n) is 4.91. The van der Waals surface area contributed by atoms with Crippen molar-refractivity contribution in [2.24, 2.45) is 0 Å². The third-order valence-electron chi connectivity index (χ3n) is 3.23. The lowest BCUT2D eigenvalue weighted by Crippen LogP contribution is -2.22. The van der Waals surface area contributed by atoms with E-state index in [1.807, 2.05) is 0 Å². The van der Waals surface area contributed by atoms with Gasteiger partial charge in [-0.15, -0.1) is 11.8 Å². The first-order chi connectivity index (χ1) is 11.9. The number of ether oxygens (including phenoxy) is 1. The molecule has 0 aliphatic heterocycles. The summed E-state index contributed by atoms with van der Waals surface area (Å²) in [6.45, 7) is 1.07. The number of amides is 1. The van der Waals surface area contributed by atoms with E-state index in [4.69, 9.17) is 4.74 Å². The van der Waals surface area contributed by atoms with Crippen LogP contribution in [-0.2, 0) is 9.53 Å². The van der Waals surface area contributed by atoms with E-state index in [-0.39, 0.29) is 16.9 Å². The number of carbonyl (C=O) groups excluding carboxylic acids is 2. The molecule has 0 atom stereocenters. The van der Waals surface area contributed by atoms with Gasteiger partial charge < -0.3 is 10.1 Å². The van der Waals surface area contributed by atoms with Gasteiger partial charge in [-0.1, -0.05) is 12.1 Å². The number of nitrogens with zero attached hydrogens (tertiary/aromatic N) is 2. The van der Waals surface area contributed by atoms with Crippen LogP contribution in [0.1, 0.15) is 15.9 Å². The molecular formula is C16H15N3O5S. The molecule has 0 aliphatic carbocycles. The Morgan fingerprint density at radius 3 is 2.76 bits per heavy atom. The maximum Gasteiger partial charge on any atom is 0.341 e. The van der Waals surface area contributed by atoms with Crippen molar-refractivity contribution in [3.8, 4) is 0 Å². The average molecular weight is 361 g/mol. The van der Waals surface area contributed by atoms with E-state index >= 15 is 0 Å². The van der Waals surface area contributed by atoms with Gasteiger partial charge in [-0.2, -0.15) is 0 Å². The summed E-state index contributed by atoms with van der Waals surface area (Å²) in [4.78, 5) is 38.5. The SMILES string of the molecule is CSc1ncccc1C(=O)OCC(=O)Nc1c(C)cccc1[N+](=O)[O-]. The highest BCUT2D eigenvalue weighted by atomic mass is 32.2. The Labute approximate surface area is 147 Å². The number of nitro groups is 1. The zero-order valence-electron chi connectivity index (χ0n) is 13.5. The maximum absolute atomic E-state index is 12.1. The minimum Gasteiger partial charge on any atom is -0.452 e. The van der Waals surface area contributed by atoms with Gasteiger partial charge in [-0.25, -0.2) is 9.78 Å². The molecule has 130 valence electrons. The molecule has 25 heavy (non-hydrogen) atoms. The number of benzene rings is 1. The number of anilines is 1. The van der Waals surface area contributed by atoms with E-state index in [0.29, 0.717) is 10.6 Å².